The smallest absolute Gasteiger partial charge is 0.465 e. The van der Waals surface area contributed by atoms with Gasteiger partial charge in [0.25, 0.3) is 0 Å². The summed E-state index contributed by atoms with van der Waals surface area (Å²) in [5.74, 6) is 0.810. The van der Waals surface area contributed by atoms with Gasteiger partial charge in [-0.3, -0.25) is 0 Å². The van der Waals surface area contributed by atoms with Gasteiger partial charge in [0.2, 0.25) is 0 Å². The topological polar surface area (TPSA) is 68.2 Å². The monoisotopic (exact) mass is 421 g/mol. The fourth-order valence-electron chi connectivity index (χ4n) is 4.61. The maximum Gasteiger partial charge on any atom is 0.496 e. The molecule has 1 saturated carbocycles. The summed E-state index contributed by atoms with van der Waals surface area (Å²) in [5.41, 5.74) is 0.910. The summed E-state index contributed by atoms with van der Waals surface area (Å²) in [5, 5.41) is 9.78. The molecular formula is C21H29BClNO5. The van der Waals surface area contributed by atoms with Crippen LogP contribution in [0.3, 0.4) is 0 Å². The van der Waals surface area contributed by atoms with Gasteiger partial charge in [0.1, 0.15) is 0 Å². The highest BCUT2D eigenvalue weighted by Crippen LogP contribution is 2.40. The van der Waals surface area contributed by atoms with Gasteiger partial charge < -0.3 is 24.1 Å². The summed E-state index contributed by atoms with van der Waals surface area (Å²) in [7, 11) is -0.500. The number of hydrogen-bond donors (Lipinski definition) is 1. The Hall–Kier alpha value is -1.28. The van der Waals surface area contributed by atoms with Gasteiger partial charge in [0, 0.05) is 23.6 Å². The Kier molecular flexibility index (Phi) is 5.39. The van der Waals surface area contributed by atoms with Crippen molar-refractivity contribution in [1.82, 2.24) is 4.90 Å². The Morgan fingerprint density at radius 1 is 1.21 bits per heavy atom. The van der Waals surface area contributed by atoms with E-state index in [2.05, 4.69) is 0 Å². The van der Waals surface area contributed by atoms with E-state index in [1.807, 2.05) is 45.9 Å². The van der Waals surface area contributed by atoms with Crippen molar-refractivity contribution in [2.75, 3.05) is 13.1 Å². The van der Waals surface area contributed by atoms with Crippen LogP contribution >= 0.6 is 11.6 Å². The first kappa shape index (κ1) is 21.0. The molecule has 2 aliphatic heterocycles. The molecule has 0 spiro atoms. The van der Waals surface area contributed by atoms with E-state index in [-0.39, 0.29) is 6.10 Å². The first-order valence-electron chi connectivity index (χ1n) is 10.3. The number of fused-ring (bicyclic) bond motifs is 1. The standard InChI is InChI=1S/C21H29BClNO5/c1-20(2)21(3,4)29-22(28-20)17-7-5-6-13(18(17)23)12-27-16-8-14-10-24(19(25)26)11-15(14)9-16/h5-7,14-16H,8-12H2,1-4H3,(H,25,26)/t14-,15+,16?. The van der Waals surface area contributed by atoms with Crippen LogP contribution in [0, 0.1) is 11.8 Å². The van der Waals surface area contributed by atoms with Crippen LogP contribution < -0.4 is 5.46 Å². The van der Waals surface area contributed by atoms with E-state index in [0.29, 0.717) is 36.6 Å². The van der Waals surface area contributed by atoms with Crippen molar-refractivity contribution >= 4 is 30.3 Å². The minimum atomic E-state index is -0.817. The third-order valence-electron chi connectivity index (χ3n) is 7.07. The lowest BCUT2D eigenvalue weighted by molar-refractivity contribution is 0.00578. The molecule has 2 saturated heterocycles. The molecule has 0 radical (unpaired) electrons. The van der Waals surface area contributed by atoms with E-state index in [1.54, 1.807) is 0 Å². The lowest BCUT2D eigenvalue weighted by atomic mass is 9.78. The quantitative estimate of drug-likeness (QED) is 0.753. The van der Waals surface area contributed by atoms with Crippen molar-refractivity contribution in [3.8, 4) is 0 Å². The normalized spacial score (nSPS) is 30.0. The minimum absolute atomic E-state index is 0.150. The number of nitrogens with zero attached hydrogens (tertiary/aromatic N) is 1. The van der Waals surface area contributed by atoms with E-state index in [9.17, 15) is 4.79 Å². The molecule has 3 aliphatic rings. The molecule has 8 heteroatoms. The number of amides is 1. The van der Waals surface area contributed by atoms with Crippen molar-refractivity contribution in [2.24, 2.45) is 11.8 Å². The summed E-state index contributed by atoms with van der Waals surface area (Å²) in [6.07, 6.45) is 1.15. The third kappa shape index (κ3) is 3.90. The molecule has 3 fully saturated rings. The molecule has 1 aromatic carbocycles. The zero-order valence-electron chi connectivity index (χ0n) is 17.5. The first-order valence-corrected chi connectivity index (χ1v) is 10.7. The van der Waals surface area contributed by atoms with Crippen molar-refractivity contribution in [1.29, 1.82) is 0 Å². The predicted octanol–water partition coefficient (Wildman–Crippen LogP) is 3.54. The van der Waals surface area contributed by atoms with Crippen LogP contribution in [0.4, 0.5) is 4.79 Å². The molecule has 1 aliphatic carbocycles. The summed E-state index contributed by atoms with van der Waals surface area (Å²) >= 11 is 6.70. The zero-order valence-corrected chi connectivity index (χ0v) is 18.2. The van der Waals surface area contributed by atoms with Crippen LogP contribution in [-0.4, -0.2) is 53.6 Å². The molecule has 6 nitrogen and oxygen atoms in total. The van der Waals surface area contributed by atoms with E-state index in [0.717, 1.165) is 23.9 Å². The Bertz CT molecular complexity index is 771. The molecule has 2 heterocycles. The van der Waals surface area contributed by atoms with Crippen LogP contribution in [0.25, 0.3) is 0 Å². The molecule has 1 N–H and O–H groups in total. The predicted molar refractivity (Wildman–Crippen MR) is 112 cm³/mol. The molecule has 4 rings (SSSR count). The van der Waals surface area contributed by atoms with Gasteiger partial charge in [0.15, 0.2) is 0 Å². The maximum absolute atomic E-state index is 11.1. The number of halogens is 1. The SMILES string of the molecule is CC1(C)OB(c2cccc(COC3C[C@@H]4CN(C(=O)O)C[C@@H]4C3)c2Cl)OC1(C)C. The van der Waals surface area contributed by atoms with E-state index in [4.69, 9.17) is 30.8 Å². The molecule has 0 aromatic heterocycles. The second kappa shape index (κ2) is 7.45. The summed E-state index contributed by atoms with van der Waals surface area (Å²) in [6.45, 7) is 9.77. The number of hydrogen-bond acceptors (Lipinski definition) is 4. The van der Waals surface area contributed by atoms with Crippen molar-refractivity contribution in [3.05, 3.63) is 28.8 Å². The summed E-state index contributed by atoms with van der Waals surface area (Å²) < 4.78 is 18.5. The lowest BCUT2D eigenvalue weighted by Crippen LogP contribution is -2.41. The van der Waals surface area contributed by atoms with Crippen molar-refractivity contribution in [3.63, 3.8) is 0 Å². The lowest BCUT2D eigenvalue weighted by Gasteiger charge is -2.32. The second-order valence-electron chi connectivity index (χ2n) is 9.52. The van der Waals surface area contributed by atoms with Crippen LogP contribution in [0.15, 0.2) is 18.2 Å². The van der Waals surface area contributed by atoms with Gasteiger partial charge in [-0.05, 0) is 57.9 Å². The van der Waals surface area contributed by atoms with Gasteiger partial charge in [-0.2, -0.15) is 0 Å². The van der Waals surface area contributed by atoms with Gasteiger partial charge in [-0.1, -0.05) is 29.8 Å². The number of carboxylic acid groups (broad SMARTS) is 1. The molecule has 1 amide bonds. The molecule has 158 valence electrons. The molecule has 29 heavy (non-hydrogen) atoms. The fourth-order valence-corrected chi connectivity index (χ4v) is 4.88. The molecule has 1 unspecified atom stereocenters. The van der Waals surface area contributed by atoms with Gasteiger partial charge in [-0.25, -0.2) is 4.79 Å². The van der Waals surface area contributed by atoms with Crippen LogP contribution in [-0.2, 0) is 20.7 Å². The zero-order chi connectivity index (χ0) is 21.0. The third-order valence-corrected chi connectivity index (χ3v) is 7.53. The number of rotatable bonds is 4. The van der Waals surface area contributed by atoms with E-state index < -0.39 is 24.4 Å². The number of likely N-dealkylation sites (tertiary alicyclic amines) is 1. The average molecular weight is 422 g/mol. The first-order chi connectivity index (χ1) is 13.6. The molecule has 3 atom stereocenters. The Balaban J connectivity index is 1.38. The van der Waals surface area contributed by atoms with E-state index >= 15 is 0 Å². The van der Waals surface area contributed by atoms with Gasteiger partial charge in [0.05, 0.1) is 23.9 Å². The Labute approximate surface area is 177 Å². The average Bonchev–Trinajstić information content (AvgIpc) is 3.24. The number of benzene rings is 1. The molecule has 1 aromatic rings. The second-order valence-corrected chi connectivity index (χ2v) is 9.90. The highest BCUT2D eigenvalue weighted by molar-refractivity contribution is 6.65. The Morgan fingerprint density at radius 3 is 2.34 bits per heavy atom. The van der Waals surface area contributed by atoms with Crippen molar-refractivity contribution < 1.29 is 23.9 Å². The van der Waals surface area contributed by atoms with Crippen LogP contribution in [0.1, 0.15) is 46.1 Å². The van der Waals surface area contributed by atoms with Gasteiger partial charge >= 0.3 is 13.2 Å². The Morgan fingerprint density at radius 2 is 1.79 bits per heavy atom. The van der Waals surface area contributed by atoms with Gasteiger partial charge in [-0.15, -0.1) is 0 Å². The number of ether oxygens (including phenoxy) is 1. The number of carbonyl (C=O) groups is 1. The summed E-state index contributed by atoms with van der Waals surface area (Å²) in [6, 6.07) is 5.87. The fraction of sp³-hybridized carbons (Fsp3) is 0.667. The van der Waals surface area contributed by atoms with Crippen LogP contribution in [0.5, 0.6) is 0 Å². The molecular weight excluding hydrogens is 392 g/mol. The summed E-state index contributed by atoms with van der Waals surface area (Å²) in [4.78, 5) is 12.7. The van der Waals surface area contributed by atoms with Crippen molar-refractivity contribution in [2.45, 2.75) is 64.4 Å². The maximum atomic E-state index is 11.1. The van der Waals surface area contributed by atoms with Crippen LogP contribution in [0.2, 0.25) is 5.02 Å². The minimum Gasteiger partial charge on any atom is -0.465 e. The highest BCUT2D eigenvalue weighted by Gasteiger charge is 2.52. The molecule has 0 bridgehead atoms. The largest absolute Gasteiger partial charge is 0.496 e. The van der Waals surface area contributed by atoms with E-state index in [1.165, 1.54) is 4.90 Å². The highest BCUT2D eigenvalue weighted by atomic mass is 35.5.